The van der Waals surface area contributed by atoms with E-state index in [2.05, 4.69) is 15.7 Å². The Balaban J connectivity index is 1.24. The summed E-state index contributed by atoms with van der Waals surface area (Å²) in [5, 5.41) is 10.8. The number of carbonyl (C=O) groups is 4. The summed E-state index contributed by atoms with van der Waals surface area (Å²) in [6, 6.07) is 7.30. The van der Waals surface area contributed by atoms with Gasteiger partial charge in [0.25, 0.3) is 5.91 Å². The summed E-state index contributed by atoms with van der Waals surface area (Å²) in [4.78, 5) is 74.8. The Bertz CT molecular complexity index is 1980. The number of hydrogen-bond donors (Lipinski definition) is 4. The van der Waals surface area contributed by atoms with Gasteiger partial charge >= 0.3 is 13.3 Å². The minimum Gasteiger partial charge on any atom is -0.340 e. The van der Waals surface area contributed by atoms with Crippen LogP contribution in [0.2, 0.25) is 0 Å². The Kier molecular flexibility index (Phi) is 8.41. The maximum Gasteiger partial charge on any atom is 0.399 e. The molecule has 0 saturated carbocycles. The third-order valence-corrected chi connectivity index (χ3v) is 10.8. The normalized spacial score (nSPS) is 20.6. The van der Waals surface area contributed by atoms with E-state index >= 15 is 0 Å². The molecule has 0 aliphatic carbocycles. The molecule has 4 heterocycles. The highest BCUT2D eigenvalue weighted by Gasteiger charge is 2.50. The van der Waals surface area contributed by atoms with Gasteiger partial charge in [-0.1, -0.05) is 6.07 Å². The molecule has 248 valence electrons. The number of halogens is 2. The minimum absolute atomic E-state index is 0.0546. The number of hydrogen-bond acceptors (Lipinski definition) is 7. The van der Waals surface area contributed by atoms with Crippen LogP contribution in [-0.4, -0.2) is 84.2 Å². The first-order chi connectivity index (χ1) is 22.1. The highest BCUT2D eigenvalue weighted by atomic mass is 32.1. The number of benzene rings is 2. The first-order valence-corrected chi connectivity index (χ1v) is 17.2. The topological polar surface area (TPSA) is 174 Å². The molecule has 0 unspecified atom stereocenters. The van der Waals surface area contributed by atoms with Crippen LogP contribution >= 0.6 is 18.9 Å². The van der Waals surface area contributed by atoms with E-state index in [1.54, 1.807) is 23.0 Å². The lowest BCUT2D eigenvalue weighted by Gasteiger charge is -2.38. The lowest BCUT2D eigenvalue weighted by molar-refractivity contribution is -0.143. The van der Waals surface area contributed by atoms with E-state index in [-0.39, 0.29) is 34.7 Å². The Labute approximate surface area is 270 Å². The lowest BCUT2D eigenvalue weighted by Crippen LogP contribution is -2.60. The van der Waals surface area contributed by atoms with Crippen molar-refractivity contribution in [3.05, 3.63) is 59.1 Å². The van der Waals surface area contributed by atoms with E-state index in [1.165, 1.54) is 28.9 Å². The molecule has 17 heteroatoms. The van der Waals surface area contributed by atoms with Gasteiger partial charge in [0.1, 0.15) is 12.1 Å². The molecule has 13 nitrogen and oxygen atoms in total. The first kappa shape index (κ1) is 32.7. The minimum atomic E-state index is -5.80. The average Bonchev–Trinajstić information content (AvgIpc) is 3.73. The van der Waals surface area contributed by atoms with Crippen LogP contribution < -0.4 is 10.6 Å². The van der Waals surface area contributed by atoms with E-state index in [0.717, 1.165) is 34.4 Å². The van der Waals surface area contributed by atoms with Crippen LogP contribution in [0.4, 0.5) is 14.5 Å². The monoisotopic (exact) mass is 688 g/mol. The number of anilines is 1. The molecule has 4 aromatic rings. The standard InChI is InChI=1S/C30H31F2N6O7PS/c1-16(39)37-10-9-21-5-7-24(27(40)34-20-4-6-23-18(12-20)14-33-36(23)2)38(21)29(42)22(15-37)35-28(41)26-13-17-11-19(3-8-25(17)47-26)30(31,32)46(43,44)45/h3-4,6,8,11-14,21-22,24H,5,7,9-10,15H2,1-2H3,(H,34,40)(H,35,41)(H2,43,44,45)/t21-,22+,24+/m1/s1. The fourth-order valence-electron chi connectivity index (χ4n) is 6.23. The summed E-state index contributed by atoms with van der Waals surface area (Å²) in [6.45, 7) is 1.53. The van der Waals surface area contributed by atoms with Crippen molar-refractivity contribution in [1.29, 1.82) is 0 Å². The van der Waals surface area contributed by atoms with E-state index in [9.17, 15) is 32.5 Å². The van der Waals surface area contributed by atoms with Crippen LogP contribution in [0.15, 0.2) is 48.7 Å². The highest BCUT2D eigenvalue weighted by molar-refractivity contribution is 7.52. The summed E-state index contributed by atoms with van der Waals surface area (Å²) < 4.78 is 42.1. The van der Waals surface area contributed by atoms with Crippen LogP contribution in [-0.2, 0) is 31.7 Å². The predicted octanol–water partition coefficient (Wildman–Crippen LogP) is 3.36. The van der Waals surface area contributed by atoms with Gasteiger partial charge in [-0.2, -0.15) is 13.9 Å². The zero-order valence-electron chi connectivity index (χ0n) is 25.2. The van der Waals surface area contributed by atoms with Crippen molar-refractivity contribution < 1.29 is 42.3 Å². The molecule has 2 saturated heterocycles. The number of carbonyl (C=O) groups excluding carboxylic acids is 4. The largest absolute Gasteiger partial charge is 0.399 e. The molecule has 0 spiro atoms. The number of rotatable bonds is 6. The Morgan fingerprint density at radius 3 is 2.55 bits per heavy atom. The first-order valence-electron chi connectivity index (χ1n) is 14.7. The molecule has 0 radical (unpaired) electrons. The molecule has 4 amide bonds. The van der Waals surface area contributed by atoms with Gasteiger partial charge in [0, 0.05) is 54.4 Å². The zero-order valence-corrected chi connectivity index (χ0v) is 26.9. The summed E-state index contributed by atoms with van der Waals surface area (Å²) in [5.41, 5.74) is -3.90. The Hall–Kier alpha value is -4.24. The number of nitrogens with zero attached hydrogens (tertiary/aromatic N) is 4. The van der Waals surface area contributed by atoms with Gasteiger partial charge < -0.3 is 30.2 Å². The quantitative estimate of drug-likeness (QED) is 0.223. The highest BCUT2D eigenvalue weighted by Crippen LogP contribution is 2.59. The van der Waals surface area contributed by atoms with Crippen molar-refractivity contribution in [2.24, 2.45) is 7.05 Å². The second kappa shape index (κ2) is 12.1. The number of aryl methyl sites for hydroxylation is 1. The van der Waals surface area contributed by atoms with Crippen LogP contribution in [0.5, 0.6) is 0 Å². The number of nitrogens with one attached hydrogen (secondary N) is 2. The molecule has 47 heavy (non-hydrogen) atoms. The molecule has 2 aliphatic heterocycles. The summed E-state index contributed by atoms with van der Waals surface area (Å²) in [5.74, 6) is -1.91. The maximum absolute atomic E-state index is 14.3. The molecule has 2 fully saturated rings. The van der Waals surface area contributed by atoms with Gasteiger partial charge in [0.05, 0.1) is 16.6 Å². The zero-order chi connectivity index (χ0) is 33.8. The smallest absolute Gasteiger partial charge is 0.340 e. The predicted molar refractivity (Wildman–Crippen MR) is 169 cm³/mol. The van der Waals surface area contributed by atoms with Crippen molar-refractivity contribution in [3.63, 3.8) is 0 Å². The molecule has 2 aromatic carbocycles. The van der Waals surface area contributed by atoms with E-state index in [4.69, 9.17) is 9.79 Å². The molecular formula is C30H31F2N6O7PS. The number of aromatic nitrogens is 2. The van der Waals surface area contributed by atoms with E-state index in [0.29, 0.717) is 36.2 Å². The molecule has 4 N–H and O–H groups in total. The van der Waals surface area contributed by atoms with Crippen LogP contribution in [0.25, 0.3) is 21.0 Å². The molecule has 0 bridgehead atoms. The van der Waals surface area contributed by atoms with Crippen molar-refractivity contribution >= 4 is 69.2 Å². The van der Waals surface area contributed by atoms with Crippen molar-refractivity contribution in [3.8, 4) is 0 Å². The summed E-state index contributed by atoms with van der Waals surface area (Å²) in [6.07, 6.45) is 3.04. The van der Waals surface area contributed by atoms with Gasteiger partial charge in [0.2, 0.25) is 17.7 Å². The third-order valence-electron chi connectivity index (χ3n) is 8.71. The maximum atomic E-state index is 14.3. The average molecular weight is 689 g/mol. The van der Waals surface area contributed by atoms with Crippen molar-refractivity contribution in [2.75, 3.05) is 18.4 Å². The number of amides is 4. The van der Waals surface area contributed by atoms with Crippen LogP contribution in [0, 0.1) is 0 Å². The number of alkyl halides is 2. The van der Waals surface area contributed by atoms with Crippen LogP contribution in [0.1, 0.15) is 41.4 Å². The molecular weight excluding hydrogens is 657 g/mol. The van der Waals surface area contributed by atoms with Gasteiger partial charge in [-0.05, 0) is 61.0 Å². The van der Waals surface area contributed by atoms with Gasteiger partial charge in [-0.3, -0.25) is 28.4 Å². The SMILES string of the molecule is CC(=O)N1CC[C@H]2CC[C@@H](C(=O)Nc3ccc4c(cnn4C)c3)N2C(=O)[C@@H](NC(=O)c2cc3cc(C(F)(F)P(=O)(O)O)ccc3s2)C1. The Morgan fingerprint density at radius 1 is 1.06 bits per heavy atom. The summed E-state index contributed by atoms with van der Waals surface area (Å²) in [7, 11) is -3.99. The fourth-order valence-corrected chi connectivity index (χ4v) is 7.65. The van der Waals surface area contributed by atoms with Gasteiger partial charge in [0.15, 0.2) is 0 Å². The summed E-state index contributed by atoms with van der Waals surface area (Å²) >= 11 is 0.940. The van der Waals surface area contributed by atoms with Crippen LogP contribution in [0.3, 0.4) is 0 Å². The van der Waals surface area contributed by atoms with E-state index < -0.39 is 42.7 Å². The van der Waals surface area contributed by atoms with Gasteiger partial charge in [-0.15, -0.1) is 11.3 Å². The van der Waals surface area contributed by atoms with E-state index in [1.807, 2.05) is 13.1 Å². The number of thiophene rings is 1. The van der Waals surface area contributed by atoms with Crippen molar-refractivity contribution in [2.45, 2.75) is 50.0 Å². The number of fused-ring (bicyclic) bond motifs is 3. The lowest BCUT2D eigenvalue weighted by atomic mass is 10.1. The molecule has 3 atom stereocenters. The van der Waals surface area contributed by atoms with Crippen molar-refractivity contribution in [1.82, 2.24) is 24.9 Å². The molecule has 2 aromatic heterocycles. The second-order valence-corrected chi connectivity index (χ2v) is 14.5. The third kappa shape index (κ3) is 6.13. The second-order valence-electron chi connectivity index (χ2n) is 11.8. The molecule has 2 aliphatic rings. The fraction of sp³-hybridized carbons (Fsp3) is 0.367. The molecule has 6 rings (SSSR count). The Morgan fingerprint density at radius 2 is 1.83 bits per heavy atom. The van der Waals surface area contributed by atoms with Gasteiger partial charge in [-0.25, -0.2) is 0 Å².